The molecule has 1 N–H and O–H groups in total. The summed E-state index contributed by atoms with van der Waals surface area (Å²) < 4.78 is 4.94. The first kappa shape index (κ1) is 11.4. The average molecular weight is 240 g/mol. The van der Waals surface area contributed by atoms with E-state index >= 15 is 0 Å². The molecule has 1 aliphatic carbocycles. The number of rotatable bonds is 4. The largest absolute Gasteiger partial charge is 0.461 e. The Morgan fingerprint density at radius 1 is 1.62 bits per heavy atom. The van der Waals surface area contributed by atoms with Crippen molar-refractivity contribution >= 4 is 22.4 Å². The molecule has 2 rings (SSSR count). The summed E-state index contributed by atoms with van der Waals surface area (Å²) in [6, 6.07) is 0.542. The van der Waals surface area contributed by atoms with E-state index in [1.165, 1.54) is 30.6 Å². The van der Waals surface area contributed by atoms with Gasteiger partial charge in [-0.15, -0.1) is 11.3 Å². The van der Waals surface area contributed by atoms with E-state index in [1.807, 2.05) is 6.92 Å². The minimum Gasteiger partial charge on any atom is -0.461 e. The Kier molecular flexibility index (Phi) is 3.43. The number of ether oxygens (including phenoxy) is 1. The van der Waals surface area contributed by atoms with Crippen LogP contribution in [0.2, 0.25) is 0 Å². The smallest absolute Gasteiger partial charge is 0.358 e. The summed E-state index contributed by atoms with van der Waals surface area (Å²) in [5.41, 5.74) is 0.452. The highest BCUT2D eigenvalue weighted by Crippen LogP contribution is 2.28. The van der Waals surface area contributed by atoms with Gasteiger partial charge in [-0.25, -0.2) is 9.78 Å². The standard InChI is InChI=1S/C11H16N2O2S/c1-3-15-10(14)9-7(2)16-11(13-9)12-8-5-4-6-8/h8H,3-6H2,1-2H3,(H,12,13). The van der Waals surface area contributed by atoms with Crippen LogP contribution in [0.15, 0.2) is 0 Å². The van der Waals surface area contributed by atoms with Crippen LogP contribution in [0, 0.1) is 6.92 Å². The third kappa shape index (κ3) is 2.35. The third-order valence-electron chi connectivity index (χ3n) is 2.70. The first-order valence-corrected chi connectivity index (χ1v) is 6.43. The van der Waals surface area contributed by atoms with Crippen LogP contribution in [0.4, 0.5) is 5.13 Å². The van der Waals surface area contributed by atoms with Gasteiger partial charge in [-0.05, 0) is 33.1 Å². The molecule has 1 fully saturated rings. The summed E-state index contributed by atoms with van der Waals surface area (Å²) in [5.74, 6) is -0.321. The molecule has 0 unspecified atom stereocenters. The number of esters is 1. The van der Waals surface area contributed by atoms with Crippen molar-refractivity contribution in [3.63, 3.8) is 0 Å². The maximum absolute atomic E-state index is 11.5. The molecule has 0 aromatic carbocycles. The van der Waals surface area contributed by atoms with Crippen molar-refractivity contribution < 1.29 is 9.53 Å². The Hall–Kier alpha value is -1.10. The van der Waals surface area contributed by atoms with Crippen molar-refractivity contribution in [1.82, 2.24) is 4.98 Å². The number of carbonyl (C=O) groups excluding carboxylic acids is 1. The fourth-order valence-corrected chi connectivity index (χ4v) is 2.45. The molecule has 0 bridgehead atoms. The SMILES string of the molecule is CCOC(=O)c1nc(NC2CCC2)sc1C. The molecule has 0 spiro atoms. The van der Waals surface area contributed by atoms with Crippen LogP contribution in [0.1, 0.15) is 41.6 Å². The highest BCUT2D eigenvalue weighted by atomic mass is 32.1. The maximum Gasteiger partial charge on any atom is 0.358 e. The lowest BCUT2D eigenvalue weighted by Crippen LogP contribution is -2.26. The van der Waals surface area contributed by atoms with E-state index in [9.17, 15) is 4.79 Å². The fourth-order valence-electron chi connectivity index (χ4n) is 1.57. The maximum atomic E-state index is 11.5. The minimum absolute atomic E-state index is 0.321. The van der Waals surface area contributed by atoms with Crippen molar-refractivity contribution in [2.75, 3.05) is 11.9 Å². The highest BCUT2D eigenvalue weighted by molar-refractivity contribution is 7.15. The molecule has 0 amide bonds. The van der Waals surface area contributed by atoms with Crippen LogP contribution >= 0.6 is 11.3 Å². The minimum atomic E-state index is -0.321. The molecule has 1 aromatic heterocycles. The predicted molar refractivity (Wildman–Crippen MR) is 64.1 cm³/mol. The lowest BCUT2D eigenvalue weighted by molar-refractivity contribution is 0.0519. The Bertz CT molecular complexity index is 385. The zero-order valence-corrected chi connectivity index (χ0v) is 10.4. The van der Waals surface area contributed by atoms with E-state index < -0.39 is 0 Å². The topological polar surface area (TPSA) is 51.2 Å². The number of hydrogen-bond donors (Lipinski definition) is 1. The summed E-state index contributed by atoms with van der Waals surface area (Å²) in [6.07, 6.45) is 3.69. The highest BCUT2D eigenvalue weighted by Gasteiger charge is 2.21. The lowest BCUT2D eigenvalue weighted by atomic mass is 9.93. The number of nitrogens with zero attached hydrogens (tertiary/aromatic N) is 1. The van der Waals surface area contributed by atoms with E-state index in [2.05, 4.69) is 10.3 Å². The van der Waals surface area contributed by atoms with Gasteiger partial charge in [0.15, 0.2) is 10.8 Å². The van der Waals surface area contributed by atoms with Gasteiger partial charge in [0.1, 0.15) is 0 Å². The number of aryl methyl sites for hydroxylation is 1. The summed E-state index contributed by atoms with van der Waals surface area (Å²) in [6.45, 7) is 4.09. The molecule has 0 atom stereocenters. The van der Waals surface area contributed by atoms with E-state index in [4.69, 9.17) is 4.74 Å². The monoisotopic (exact) mass is 240 g/mol. The summed E-state index contributed by atoms with van der Waals surface area (Å²) in [7, 11) is 0. The lowest BCUT2D eigenvalue weighted by Gasteiger charge is -2.25. The van der Waals surface area contributed by atoms with Gasteiger partial charge >= 0.3 is 5.97 Å². The van der Waals surface area contributed by atoms with E-state index in [-0.39, 0.29) is 5.97 Å². The molecule has 16 heavy (non-hydrogen) atoms. The first-order chi connectivity index (χ1) is 7.70. The van der Waals surface area contributed by atoms with Gasteiger partial charge in [0.2, 0.25) is 0 Å². The second kappa shape index (κ2) is 4.82. The van der Waals surface area contributed by atoms with Crippen molar-refractivity contribution in [3.8, 4) is 0 Å². The molecule has 5 heteroatoms. The third-order valence-corrected chi connectivity index (χ3v) is 3.60. The molecule has 1 aromatic rings. The molecule has 1 heterocycles. The summed E-state index contributed by atoms with van der Waals surface area (Å²) in [4.78, 5) is 16.7. The molecule has 88 valence electrons. The quantitative estimate of drug-likeness (QED) is 0.822. The van der Waals surface area contributed by atoms with Gasteiger partial charge in [0.25, 0.3) is 0 Å². The van der Waals surface area contributed by atoms with Crippen molar-refractivity contribution in [2.24, 2.45) is 0 Å². The molecule has 1 saturated carbocycles. The van der Waals surface area contributed by atoms with Gasteiger partial charge in [0, 0.05) is 10.9 Å². The Morgan fingerprint density at radius 2 is 2.38 bits per heavy atom. The summed E-state index contributed by atoms with van der Waals surface area (Å²) >= 11 is 1.52. The fraction of sp³-hybridized carbons (Fsp3) is 0.636. The first-order valence-electron chi connectivity index (χ1n) is 5.61. The summed E-state index contributed by atoms with van der Waals surface area (Å²) in [5, 5.41) is 4.17. The van der Waals surface area contributed by atoms with Gasteiger partial charge < -0.3 is 10.1 Å². The molecular formula is C11H16N2O2S. The number of anilines is 1. The van der Waals surface area contributed by atoms with Gasteiger partial charge in [-0.3, -0.25) is 0 Å². The van der Waals surface area contributed by atoms with Crippen molar-refractivity contribution in [3.05, 3.63) is 10.6 Å². The normalized spacial score (nSPS) is 15.6. The number of nitrogens with one attached hydrogen (secondary N) is 1. The van der Waals surface area contributed by atoms with E-state index in [1.54, 1.807) is 6.92 Å². The van der Waals surface area contributed by atoms with E-state index in [0.717, 1.165) is 10.0 Å². The number of aromatic nitrogens is 1. The number of thiazole rings is 1. The number of hydrogen-bond acceptors (Lipinski definition) is 5. The van der Waals surface area contributed by atoms with Crippen LogP contribution in [0.3, 0.4) is 0 Å². The van der Waals surface area contributed by atoms with Crippen molar-refractivity contribution in [1.29, 1.82) is 0 Å². The van der Waals surface area contributed by atoms with Gasteiger partial charge in [-0.2, -0.15) is 0 Å². The molecular weight excluding hydrogens is 224 g/mol. The van der Waals surface area contributed by atoms with Crippen LogP contribution in [-0.4, -0.2) is 23.6 Å². The Morgan fingerprint density at radius 3 is 2.94 bits per heavy atom. The molecule has 1 aliphatic rings. The number of carbonyl (C=O) groups is 1. The van der Waals surface area contributed by atoms with E-state index in [0.29, 0.717) is 18.3 Å². The zero-order valence-electron chi connectivity index (χ0n) is 9.58. The predicted octanol–water partition coefficient (Wildman–Crippen LogP) is 2.59. The van der Waals surface area contributed by atoms with Crippen molar-refractivity contribution in [2.45, 2.75) is 39.2 Å². The molecule has 0 aliphatic heterocycles. The van der Waals surface area contributed by atoms with Crippen LogP contribution < -0.4 is 5.32 Å². The molecule has 0 radical (unpaired) electrons. The van der Waals surface area contributed by atoms with Crippen LogP contribution in [0.5, 0.6) is 0 Å². The molecule has 0 saturated heterocycles. The van der Waals surface area contributed by atoms with Crippen LogP contribution in [-0.2, 0) is 4.74 Å². The Labute approximate surface area is 99.0 Å². The Balaban J connectivity index is 2.05. The van der Waals surface area contributed by atoms with Gasteiger partial charge in [0.05, 0.1) is 6.61 Å². The second-order valence-electron chi connectivity index (χ2n) is 3.92. The van der Waals surface area contributed by atoms with Gasteiger partial charge in [-0.1, -0.05) is 0 Å². The second-order valence-corrected chi connectivity index (χ2v) is 5.12. The van der Waals surface area contributed by atoms with Crippen LogP contribution in [0.25, 0.3) is 0 Å². The zero-order chi connectivity index (χ0) is 11.5. The molecule has 4 nitrogen and oxygen atoms in total. The average Bonchev–Trinajstić information content (AvgIpc) is 2.54.